The molecular weight excluding hydrogens is 961 g/mol. The quantitative estimate of drug-likeness (QED) is 0.110. The van der Waals surface area contributed by atoms with Crippen molar-refractivity contribution >= 4 is 68.8 Å². The van der Waals surface area contributed by atoms with E-state index in [1.165, 1.54) is 54.6 Å². The zero-order valence-electron chi connectivity index (χ0n) is 39.3. The maximum absolute atomic E-state index is 13.6. The van der Waals surface area contributed by atoms with E-state index in [4.69, 9.17) is 53.0 Å². The molecule has 0 radical (unpaired) electrons. The zero-order chi connectivity index (χ0) is 48.6. The Balaban J connectivity index is 0.000000219. The van der Waals surface area contributed by atoms with E-state index >= 15 is 0 Å². The number of halogens is 4. The van der Waals surface area contributed by atoms with Crippen molar-refractivity contribution in [3.8, 4) is 22.5 Å². The number of methoxy groups -OCH3 is 1. The van der Waals surface area contributed by atoms with Crippen LogP contribution in [0.2, 0.25) is 10.0 Å². The number of carbonyl (C=O) groups is 2. The molecule has 2 aliphatic heterocycles. The van der Waals surface area contributed by atoms with Gasteiger partial charge in [0.05, 0.1) is 40.3 Å². The van der Waals surface area contributed by atoms with Gasteiger partial charge in [-0.3, -0.25) is 0 Å². The molecule has 2 saturated heterocycles. The number of aromatic nitrogens is 4. The van der Waals surface area contributed by atoms with Crippen LogP contribution in [0.15, 0.2) is 133 Å². The fourth-order valence-corrected chi connectivity index (χ4v) is 9.08. The van der Waals surface area contributed by atoms with Crippen molar-refractivity contribution in [1.82, 2.24) is 19.9 Å². The van der Waals surface area contributed by atoms with Crippen LogP contribution in [-0.2, 0) is 4.74 Å². The summed E-state index contributed by atoms with van der Waals surface area (Å²) in [6, 6.07) is 38.4. The SMILES string of the molecule is CO.COC(=O)c1ccc2nc(N3CCC(c4ccc(Cl)cc4)CC3)c(-c3ccc(F)cc3)nc2c1.O=C(O)c1ccc2nc(N3CCC(c4ccc(Cl)cc4)CC3)c(-c3ccc(F)cc3)nc2c1.[Na+].[OH-]. The number of carboxylic acids is 1. The molecule has 6 aromatic carbocycles. The van der Waals surface area contributed by atoms with Crippen LogP contribution in [0.3, 0.4) is 0 Å². The molecule has 2 aromatic heterocycles. The summed E-state index contributed by atoms with van der Waals surface area (Å²) in [5.41, 5.74) is 8.32. The predicted molar refractivity (Wildman–Crippen MR) is 270 cm³/mol. The van der Waals surface area contributed by atoms with Crippen LogP contribution in [0.5, 0.6) is 0 Å². The fraction of sp³-hybridized carbons (Fsp3) is 0.222. The number of ether oxygens (including phenoxy) is 1. The second-order valence-electron chi connectivity index (χ2n) is 16.6. The van der Waals surface area contributed by atoms with E-state index in [1.807, 2.05) is 24.3 Å². The molecule has 0 atom stereocenters. The van der Waals surface area contributed by atoms with Gasteiger partial charge in [0.1, 0.15) is 23.0 Å². The maximum Gasteiger partial charge on any atom is 1.00 e. The molecule has 10 rings (SSSR count). The molecule has 0 aliphatic carbocycles. The molecule has 0 unspecified atom stereocenters. The van der Waals surface area contributed by atoms with E-state index in [-0.39, 0.29) is 52.2 Å². The predicted octanol–water partition coefficient (Wildman–Crippen LogP) is 8.87. The Morgan fingerprint density at radius 2 is 0.915 bits per heavy atom. The van der Waals surface area contributed by atoms with Crippen LogP contribution in [0.25, 0.3) is 44.6 Å². The van der Waals surface area contributed by atoms with Crippen molar-refractivity contribution < 1.29 is 68.4 Å². The topological polar surface area (TPSA) is 172 Å². The summed E-state index contributed by atoms with van der Waals surface area (Å²) in [6.45, 7) is 3.24. The van der Waals surface area contributed by atoms with E-state index in [1.54, 1.807) is 48.5 Å². The van der Waals surface area contributed by atoms with Crippen molar-refractivity contribution in [2.45, 2.75) is 37.5 Å². The Morgan fingerprint density at radius 1 is 0.549 bits per heavy atom. The Labute approximate surface area is 441 Å². The van der Waals surface area contributed by atoms with Crippen LogP contribution in [0.4, 0.5) is 20.4 Å². The second kappa shape index (κ2) is 24.8. The first-order valence-electron chi connectivity index (χ1n) is 22.4. The molecule has 0 amide bonds. The van der Waals surface area contributed by atoms with Gasteiger partial charge in [-0.25, -0.2) is 38.3 Å². The first-order valence-corrected chi connectivity index (χ1v) is 23.2. The number of benzene rings is 6. The first-order chi connectivity index (χ1) is 33.5. The first kappa shape index (κ1) is 54.2. The standard InChI is InChI=1S/C27H23ClFN3O2.C26H21ClFN3O2.CH4O.Na.H2O/c1-34-27(33)20-6-11-23-24(16-20)30-25(19-4-9-22(29)10-5-19)26(31-23)32-14-12-18(13-15-32)17-2-7-21(28)8-3-17;27-20-6-1-16(2-7-20)17-11-13-31(14-12-17)25-24(18-3-8-21(28)9-4-18)29-23-15-19(26(32)33)5-10-22(23)30-25;1-2;;/h2-11,16,18H,12-15H2,1H3;1-10,15,17H,11-14H2,(H,32,33);2H,1H3;;1H2/q;;;+1;/p-1. The molecule has 0 saturated carbocycles. The van der Waals surface area contributed by atoms with Gasteiger partial charge in [0.2, 0.25) is 0 Å². The number of fused-ring (bicyclic) bond motifs is 2. The third-order valence-corrected chi connectivity index (χ3v) is 13.0. The Morgan fingerprint density at radius 3 is 1.28 bits per heavy atom. The molecule has 360 valence electrons. The second-order valence-corrected chi connectivity index (χ2v) is 17.5. The summed E-state index contributed by atoms with van der Waals surface area (Å²) in [6.07, 6.45) is 3.88. The summed E-state index contributed by atoms with van der Waals surface area (Å²) in [4.78, 5) is 47.3. The Kier molecular flexibility index (Phi) is 19.0. The number of hydrogen-bond donors (Lipinski definition) is 2. The number of nitrogens with zero attached hydrogens (tertiary/aromatic N) is 6. The summed E-state index contributed by atoms with van der Waals surface area (Å²) >= 11 is 12.1. The molecule has 4 heterocycles. The number of esters is 1. The Hall–Kier alpha value is -6.10. The van der Waals surface area contributed by atoms with Crippen molar-refractivity contribution in [2.24, 2.45) is 0 Å². The summed E-state index contributed by atoms with van der Waals surface area (Å²) in [5, 5.41) is 17.8. The number of rotatable bonds is 8. The number of carbonyl (C=O) groups excluding carboxylic acids is 1. The minimum absolute atomic E-state index is 0. The van der Waals surface area contributed by atoms with Gasteiger partial charge in [-0.05, 0) is 158 Å². The van der Waals surface area contributed by atoms with Gasteiger partial charge < -0.3 is 30.2 Å². The smallest absolute Gasteiger partial charge is 0.870 e. The normalized spacial score (nSPS) is 13.7. The molecule has 71 heavy (non-hydrogen) atoms. The minimum atomic E-state index is -1.02. The van der Waals surface area contributed by atoms with Crippen LogP contribution in [0, 0.1) is 11.6 Å². The summed E-state index contributed by atoms with van der Waals surface area (Å²) in [5.74, 6) is 0.307. The average Bonchev–Trinajstić information content (AvgIpc) is 3.39. The van der Waals surface area contributed by atoms with Crippen LogP contribution < -0.4 is 39.4 Å². The fourth-order valence-electron chi connectivity index (χ4n) is 8.83. The number of aliphatic hydroxyl groups excluding tert-OH is 1. The number of piperidine rings is 2. The minimum Gasteiger partial charge on any atom is -0.870 e. The number of aromatic carboxylic acids is 1. The summed E-state index contributed by atoms with van der Waals surface area (Å²) in [7, 11) is 2.35. The number of anilines is 2. The summed E-state index contributed by atoms with van der Waals surface area (Å²) < 4.78 is 32.0. The molecule has 3 N–H and O–H groups in total. The molecule has 17 heteroatoms. The van der Waals surface area contributed by atoms with E-state index in [0.717, 1.165) is 91.8 Å². The largest absolute Gasteiger partial charge is 1.00 e. The number of carboxylic acid groups (broad SMARTS) is 1. The number of hydrogen-bond acceptors (Lipinski definition) is 11. The van der Waals surface area contributed by atoms with Crippen molar-refractivity contribution in [1.29, 1.82) is 0 Å². The van der Waals surface area contributed by atoms with Gasteiger partial charge in [-0.1, -0.05) is 47.5 Å². The monoisotopic (exact) mass is 1010 g/mol. The van der Waals surface area contributed by atoms with Crippen LogP contribution >= 0.6 is 23.2 Å². The molecule has 2 fully saturated rings. The third-order valence-electron chi connectivity index (χ3n) is 12.5. The zero-order valence-corrected chi connectivity index (χ0v) is 42.8. The molecule has 0 spiro atoms. The molecular formula is C54H49Cl2F2N6NaO6. The number of aliphatic hydroxyl groups is 1. The van der Waals surface area contributed by atoms with Crippen molar-refractivity contribution in [3.05, 3.63) is 177 Å². The van der Waals surface area contributed by atoms with Gasteiger partial charge >= 0.3 is 41.5 Å². The van der Waals surface area contributed by atoms with E-state index in [2.05, 4.69) is 34.1 Å². The van der Waals surface area contributed by atoms with Crippen LogP contribution in [-0.4, -0.2) is 88.0 Å². The Bertz CT molecular complexity index is 3090. The van der Waals surface area contributed by atoms with Gasteiger partial charge in [0.15, 0.2) is 11.6 Å². The maximum atomic E-state index is 13.6. The molecule has 0 bridgehead atoms. The van der Waals surface area contributed by atoms with E-state index in [0.29, 0.717) is 50.9 Å². The van der Waals surface area contributed by atoms with Gasteiger partial charge in [-0.15, -0.1) is 0 Å². The van der Waals surface area contributed by atoms with E-state index in [9.17, 15) is 23.5 Å². The van der Waals surface area contributed by atoms with Crippen molar-refractivity contribution in [3.63, 3.8) is 0 Å². The molecule has 2 aliphatic rings. The van der Waals surface area contributed by atoms with Gasteiger partial charge in [-0.2, -0.15) is 0 Å². The van der Waals surface area contributed by atoms with Crippen LogP contribution in [0.1, 0.15) is 69.4 Å². The van der Waals surface area contributed by atoms with Gasteiger partial charge in [0, 0.05) is 54.5 Å². The van der Waals surface area contributed by atoms with Crippen molar-refractivity contribution in [2.75, 3.05) is 50.2 Å². The molecule has 8 aromatic rings. The van der Waals surface area contributed by atoms with E-state index < -0.39 is 11.9 Å². The third kappa shape index (κ3) is 12.9. The molecule has 12 nitrogen and oxygen atoms in total. The van der Waals surface area contributed by atoms with Gasteiger partial charge in [0.25, 0.3) is 0 Å². The average molecular weight is 1010 g/mol.